The molecule has 3 rings (SSSR count). The van der Waals surface area contributed by atoms with Crippen LogP contribution in [0.5, 0.6) is 0 Å². The molecule has 1 heterocycles. The van der Waals surface area contributed by atoms with E-state index in [1.54, 1.807) is 7.05 Å². The van der Waals surface area contributed by atoms with E-state index in [1.807, 2.05) is 30.3 Å². The van der Waals surface area contributed by atoms with Crippen molar-refractivity contribution in [3.63, 3.8) is 0 Å². The predicted octanol–water partition coefficient (Wildman–Crippen LogP) is 3.72. The van der Waals surface area contributed by atoms with Gasteiger partial charge in [0, 0.05) is 31.4 Å². The molecule has 1 aromatic heterocycles. The van der Waals surface area contributed by atoms with Crippen molar-refractivity contribution >= 4 is 23.3 Å². The SMILES string of the molecule is CN(Cc1ccccc1)C(=O)[C@@H](C(=O)c1ccc(F)cc1)n1cc(Cl)ccc1=O. The fourth-order valence-electron chi connectivity index (χ4n) is 2.95. The van der Waals surface area contributed by atoms with E-state index in [0.717, 1.165) is 22.3 Å². The van der Waals surface area contributed by atoms with Crippen LogP contribution in [0.2, 0.25) is 5.02 Å². The number of carbonyl (C=O) groups excluding carboxylic acids is 2. The number of rotatable bonds is 6. The normalized spacial score (nSPS) is 11.7. The van der Waals surface area contributed by atoms with Crippen molar-refractivity contribution < 1.29 is 14.0 Å². The summed E-state index contributed by atoms with van der Waals surface area (Å²) in [5.74, 6) is -1.71. The quantitative estimate of drug-likeness (QED) is 0.458. The molecule has 0 aliphatic carbocycles. The van der Waals surface area contributed by atoms with Gasteiger partial charge in [-0.05, 0) is 35.9 Å². The molecule has 0 spiro atoms. The first-order valence-corrected chi connectivity index (χ1v) is 9.21. The standard InChI is InChI=1S/C22H18ClFN2O3/c1-25(13-15-5-3-2-4-6-15)22(29)20(26-14-17(23)9-12-19(26)27)21(28)16-7-10-18(24)11-8-16/h2-12,14,20H,13H2,1H3/t20-/m1/s1. The van der Waals surface area contributed by atoms with E-state index in [9.17, 15) is 18.8 Å². The largest absolute Gasteiger partial charge is 0.339 e. The second kappa shape index (κ2) is 8.84. The molecule has 0 saturated heterocycles. The number of aromatic nitrogens is 1. The number of amides is 1. The molecule has 7 heteroatoms. The summed E-state index contributed by atoms with van der Waals surface area (Å²) in [5, 5.41) is 0.208. The lowest BCUT2D eigenvalue weighted by Crippen LogP contribution is -2.42. The zero-order valence-corrected chi connectivity index (χ0v) is 16.3. The Bertz CT molecular complexity index is 1080. The van der Waals surface area contributed by atoms with Crippen LogP contribution < -0.4 is 5.56 Å². The van der Waals surface area contributed by atoms with Crippen molar-refractivity contribution in [1.29, 1.82) is 0 Å². The molecule has 5 nitrogen and oxygen atoms in total. The average molecular weight is 413 g/mol. The zero-order valence-electron chi connectivity index (χ0n) is 15.6. The fourth-order valence-corrected chi connectivity index (χ4v) is 3.12. The van der Waals surface area contributed by atoms with Crippen LogP contribution in [0.1, 0.15) is 22.0 Å². The minimum absolute atomic E-state index is 0.115. The first-order chi connectivity index (χ1) is 13.9. The van der Waals surface area contributed by atoms with E-state index in [4.69, 9.17) is 11.6 Å². The van der Waals surface area contributed by atoms with Gasteiger partial charge in [-0.25, -0.2) is 4.39 Å². The molecule has 0 aliphatic heterocycles. The van der Waals surface area contributed by atoms with Gasteiger partial charge in [-0.2, -0.15) is 0 Å². The molecule has 0 saturated carbocycles. The van der Waals surface area contributed by atoms with Crippen LogP contribution >= 0.6 is 11.6 Å². The second-order valence-electron chi connectivity index (χ2n) is 6.55. The monoisotopic (exact) mass is 412 g/mol. The van der Waals surface area contributed by atoms with E-state index in [2.05, 4.69) is 0 Å². The summed E-state index contributed by atoms with van der Waals surface area (Å²) in [6, 6.07) is 15.2. The smallest absolute Gasteiger partial charge is 0.253 e. The maximum atomic E-state index is 13.3. The number of Topliss-reactive ketones (excluding diaryl/α,β-unsaturated/α-hetero) is 1. The Balaban J connectivity index is 2.01. The summed E-state index contributed by atoms with van der Waals surface area (Å²) in [5.41, 5.74) is 0.441. The molecule has 3 aromatic rings. The first-order valence-electron chi connectivity index (χ1n) is 8.83. The van der Waals surface area contributed by atoms with Crippen LogP contribution in [0, 0.1) is 5.82 Å². The molecule has 1 amide bonds. The second-order valence-corrected chi connectivity index (χ2v) is 6.98. The first kappa shape index (κ1) is 20.5. The lowest BCUT2D eigenvalue weighted by atomic mass is 10.0. The molecule has 29 heavy (non-hydrogen) atoms. The number of halogens is 2. The highest BCUT2D eigenvalue weighted by molar-refractivity contribution is 6.30. The van der Waals surface area contributed by atoms with Crippen LogP contribution in [-0.4, -0.2) is 28.2 Å². The average Bonchev–Trinajstić information content (AvgIpc) is 2.71. The lowest BCUT2D eigenvalue weighted by Gasteiger charge is -2.25. The minimum atomic E-state index is -1.46. The minimum Gasteiger partial charge on any atom is -0.339 e. The van der Waals surface area contributed by atoms with E-state index in [-0.39, 0.29) is 17.1 Å². The number of benzene rings is 2. The van der Waals surface area contributed by atoms with Gasteiger partial charge in [0.25, 0.3) is 11.5 Å². The molecule has 1 atom stereocenters. The lowest BCUT2D eigenvalue weighted by molar-refractivity contribution is -0.132. The molecule has 148 valence electrons. The fraction of sp³-hybridized carbons (Fsp3) is 0.136. The van der Waals surface area contributed by atoms with Gasteiger partial charge in [-0.3, -0.25) is 19.0 Å². The maximum Gasteiger partial charge on any atom is 0.253 e. The van der Waals surface area contributed by atoms with Crippen molar-refractivity contribution in [3.8, 4) is 0 Å². The van der Waals surface area contributed by atoms with Gasteiger partial charge < -0.3 is 4.90 Å². The van der Waals surface area contributed by atoms with Crippen molar-refractivity contribution in [3.05, 3.63) is 105 Å². The topological polar surface area (TPSA) is 59.4 Å². The molecular formula is C22H18ClFN2O3. The highest BCUT2D eigenvalue weighted by atomic mass is 35.5. The Morgan fingerprint density at radius 2 is 1.69 bits per heavy atom. The number of likely N-dealkylation sites (N-methyl/N-ethyl adjacent to an activating group) is 1. The van der Waals surface area contributed by atoms with Gasteiger partial charge in [-0.1, -0.05) is 41.9 Å². The number of carbonyl (C=O) groups is 2. The number of ketones is 1. The predicted molar refractivity (Wildman–Crippen MR) is 108 cm³/mol. The molecule has 0 radical (unpaired) electrons. The van der Waals surface area contributed by atoms with Gasteiger partial charge in [0.2, 0.25) is 0 Å². The van der Waals surface area contributed by atoms with Crippen LogP contribution in [0.4, 0.5) is 4.39 Å². The molecule has 0 bridgehead atoms. The van der Waals surface area contributed by atoms with Crippen molar-refractivity contribution in [2.24, 2.45) is 0 Å². The van der Waals surface area contributed by atoms with Gasteiger partial charge in [-0.15, -0.1) is 0 Å². The number of pyridine rings is 1. The number of hydrogen-bond acceptors (Lipinski definition) is 3. The summed E-state index contributed by atoms with van der Waals surface area (Å²) in [6.07, 6.45) is 1.25. The van der Waals surface area contributed by atoms with Crippen molar-refractivity contribution in [2.45, 2.75) is 12.6 Å². The van der Waals surface area contributed by atoms with Gasteiger partial charge in [0.1, 0.15) is 5.82 Å². The van der Waals surface area contributed by atoms with Crippen LogP contribution in [-0.2, 0) is 11.3 Å². The van der Waals surface area contributed by atoms with Crippen molar-refractivity contribution in [1.82, 2.24) is 9.47 Å². The summed E-state index contributed by atoms with van der Waals surface area (Å²) in [7, 11) is 1.55. The molecule has 0 fully saturated rings. The number of hydrogen-bond donors (Lipinski definition) is 0. The maximum absolute atomic E-state index is 13.3. The molecule has 0 unspecified atom stereocenters. The summed E-state index contributed by atoms with van der Waals surface area (Å²) in [6.45, 7) is 0.252. The number of nitrogens with zero attached hydrogens (tertiary/aromatic N) is 2. The highest BCUT2D eigenvalue weighted by Crippen LogP contribution is 2.19. The summed E-state index contributed by atoms with van der Waals surface area (Å²) < 4.78 is 14.3. The Labute approximate surface area is 172 Å². The molecular weight excluding hydrogens is 395 g/mol. The van der Waals surface area contributed by atoms with Gasteiger partial charge in [0.05, 0.1) is 5.02 Å². The van der Waals surface area contributed by atoms with Crippen LogP contribution in [0.25, 0.3) is 0 Å². The Morgan fingerprint density at radius 3 is 2.34 bits per heavy atom. The third-order valence-electron chi connectivity index (χ3n) is 4.43. The Morgan fingerprint density at radius 1 is 1.03 bits per heavy atom. The third-order valence-corrected chi connectivity index (χ3v) is 4.65. The summed E-state index contributed by atoms with van der Waals surface area (Å²) in [4.78, 5) is 40.1. The highest BCUT2D eigenvalue weighted by Gasteiger charge is 2.32. The molecule has 0 aliphatic rings. The summed E-state index contributed by atoms with van der Waals surface area (Å²) >= 11 is 6.00. The molecule has 0 N–H and O–H groups in total. The molecule has 2 aromatic carbocycles. The van der Waals surface area contributed by atoms with Gasteiger partial charge in [0.15, 0.2) is 11.8 Å². The Hall–Kier alpha value is -3.25. The van der Waals surface area contributed by atoms with E-state index >= 15 is 0 Å². The van der Waals surface area contributed by atoms with Crippen molar-refractivity contribution in [2.75, 3.05) is 7.05 Å². The van der Waals surface area contributed by atoms with Crippen LogP contribution in [0.3, 0.4) is 0 Å². The van der Waals surface area contributed by atoms with Gasteiger partial charge >= 0.3 is 0 Å². The third kappa shape index (κ3) is 4.78. The van der Waals surface area contributed by atoms with Crippen LogP contribution in [0.15, 0.2) is 77.7 Å². The van der Waals surface area contributed by atoms with E-state index < -0.39 is 29.1 Å². The van der Waals surface area contributed by atoms with E-state index in [0.29, 0.717) is 0 Å². The Kier molecular flexibility index (Phi) is 6.24. The zero-order chi connectivity index (χ0) is 21.0. The van der Waals surface area contributed by atoms with E-state index in [1.165, 1.54) is 35.4 Å².